The number of anilines is 1. The standard InChI is InChI=1S/C12H10Cl2N2O3S/c1-6(16-10(17)5-20-12(16)19)11(18)15-9-4-7(13)2-3-8(9)14/h2-4,6H,5H2,1H3,(H,15,18)/t6-/m0/s1. The lowest BCUT2D eigenvalue weighted by Gasteiger charge is -2.21. The molecule has 0 aliphatic carbocycles. The Morgan fingerprint density at radius 2 is 2.10 bits per heavy atom. The maximum Gasteiger partial charge on any atom is 0.289 e. The minimum absolute atomic E-state index is 0.0639. The molecule has 2 rings (SSSR count). The summed E-state index contributed by atoms with van der Waals surface area (Å²) in [5.41, 5.74) is 0.336. The lowest BCUT2D eigenvalue weighted by molar-refractivity contribution is -0.131. The number of imide groups is 1. The fourth-order valence-corrected chi connectivity index (χ4v) is 2.81. The number of carbonyl (C=O) groups is 3. The van der Waals surface area contributed by atoms with Crippen LogP contribution in [0, 0.1) is 0 Å². The Morgan fingerprint density at radius 3 is 2.70 bits per heavy atom. The predicted molar refractivity (Wildman–Crippen MR) is 79.3 cm³/mol. The van der Waals surface area contributed by atoms with Gasteiger partial charge in [0, 0.05) is 5.02 Å². The number of hydrogen-bond donors (Lipinski definition) is 1. The number of amides is 3. The van der Waals surface area contributed by atoms with Crippen LogP contribution in [-0.4, -0.2) is 33.7 Å². The van der Waals surface area contributed by atoms with Crippen molar-refractivity contribution in [2.75, 3.05) is 11.1 Å². The summed E-state index contributed by atoms with van der Waals surface area (Å²) in [7, 11) is 0. The van der Waals surface area contributed by atoms with Crippen molar-refractivity contribution in [2.24, 2.45) is 0 Å². The van der Waals surface area contributed by atoms with Gasteiger partial charge in [-0.2, -0.15) is 0 Å². The zero-order valence-corrected chi connectivity index (χ0v) is 12.7. The first-order valence-electron chi connectivity index (χ1n) is 5.65. The average Bonchev–Trinajstić information content (AvgIpc) is 2.72. The highest BCUT2D eigenvalue weighted by Crippen LogP contribution is 2.27. The van der Waals surface area contributed by atoms with Gasteiger partial charge in [0.2, 0.25) is 11.8 Å². The van der Waals surface area contributed by atoms with Crippen LogP contribution < -0.4 is 5.32 Å². The van der Waals surface area contributed by atoms with E-state index in [1.165, 1.54) is 13.0 Å². The zero-order chi connectivity index (χ0) is 14.9. The summed E-state index contributed by atoms with van der Waals surface area (Å²) < 4.78 is 0. The molecular weight excluding hydrogens is 323 g/mol. The molecule has 0 unspecified atom stereocenters. The Balaban J connectivity index is 2.13. The first-order valence-corrected chi connectivity index (χ1v) is 7.39. The Labute approximate surface area is 129 Å². The Kier molecular flexibility index (Phi) is 4.57. The van der Waals surface area contributed by atoms with Gasteiger partial charge in [-0.1, -0.05) is 35.0 Å². The van der Waals surface area contributed by atoms with E-state index in [-0.39, 0.29) is 11.7 Å². The molecule has 1 aromatic rings. The van der Waals surface area contributed by atoms with Crippen molar-refractivity contribution in [1.82, 2.24) is 4.90 Å². The van der Waals surface area contributed by atoms with E-state index in [4.69, 9.17) is 23.2 Å². The smallest absolute Gasteiger partial charge is 0.289 e. The Hall–Kier alpha value is -1.24. The lowest BCUT2D eigenvalue weighted by Crippen LogP contribution is -2.44. The molecule has 1 aromatic carbocycles. The van der Waals surface area contributed by atoms with E-state index in [0.717, 1.165) is 16.7 Å². The van der Waals surface area contributed by atoms with Crippen LogP contribution in [0.15, 0.2) is 18.2 Å². The van der Waals surface area contributed by atoms with E-state index < -0.39 is 17.2 Å². The molecule has 20 heavy (non-hydrogen) atoms. The number of hydrogen-bond acceptors (Lipinski definition) is 4. The van der Waals surface area contributed by atoms with Gasteiger partial charge in [0.05, 0.1) is 16.5 Å². The van der Waals surface area contributed by atoms with Crippen LogP contribution >= 0.6 is 35.0 Å². The molecule has 5 nitrogen and oxygen atoms in total. The molecule has 1 saturated heterocycles. The third-order valence-electron chi connectivity index (χ3n) is 2.74. The van der Waals surface area contributed by atoms with Gasteiger partial charge in [0.1, 0.15) is 6.04 Å². The molecule has 106 valence electrons. The SMILES string of the molecule is C[C@@H](C(=O)Nc1cc(Cl)ccc1Cl)N1C(=O)CSC1=O. The fraction of sp³-hybridized carbons (Fsp3) is 0.250. The lowest BCUT2D eigenvalue weighted by atomic mass is 10.2. The van der Waals surface area contributed by atoms with Gasteiger partial charge in [-0.25, -0.2) is 0 Å². The molecule has 0 bridgehead atoms. The van der Waals surface area contributed by atoms with Crippen LogP contribution in [0.4, 0.5) is 10.5 Å². The van der Waals surface area contributed by atoms with Crippen molar-refractivity contribution in [3.8, 4) is 0 Å². The molecule has 0 spiro atoms. The largest absolute Gasteiger partial charge is 0.323 e. The van der Waals surface area contributed by atoms with Crippen molar-refractivity contribution in [3.63, 3.8) is 0 Å². The van der Waals surface area contributed by atoms with Gasteiger partial charge >= 0.3 is 0 Å². The summed E-state index contributed by atoms with van der Waals surface area (Å²) in [6.45, 7) is 1.48. The van der Waals surface area contributed by atoms with Crippen molar-refractivity contribution in [2.45, 2.75) is 13.0 Å². The Bertz CT molecular complexity index is 578. The van der Waals surface area contributed by atoms with Gasteiger partial charge < -0.3 is 5.32 Å². The van der Waals surface area contributed by atoms with Crippen LogP contribution in [0.3, 0.4) is 0 Å². The van der Waals surface area contributed by atoms with Crippen LogP contribution in [0.5, 0.6) is 0 Å². The van der Waals surface area contributed by atoms with E-state index >= 15 is 0 Å². The fourth-order valence-electron chi connectivity index (χ4n) is 1.69. The van der Waals surface area contributed by atoms with E-state index in [1.807, 2.05) is 0 Å². The normalized spacial score (nSPS) is 16.4. The number of halogens is 2. The monoisotopic (exact) mass is 332 g/mol. The van der Waals surface area contributed by atoms with Gasteiger partial charge in [0.25, 0.3) is 5.24 Å². The van der Waals surface area contributed by atoms with Crippen LogP contribution in [0.2, 0.25) is 10.0 Å². The van der Waals surface area contributed by atoms with Crippen molar-refractivity contribution in [1.29, 1.82) is 0 Å². The van der Waals surface area contributed by atoms with E-state index in [9.17, 15) is 14.4 Å². The second-order valence-corrected chi connectivity index (χ2v) is 5.88. The molecule has 1 atom stereocenters. The highest BCUT2D eigenvalue weighted by atomic mass is 35.5. The van der Waals surface area contributed by atoms with E-state index in [0.29, 0.717) is 15.7 Å². The number of benzene rings is 1. The first-order chi connectivity index (χ1) is 9.40. The second-order valence-electron chi connectivity index (χ2n) is 4.11. The van der Waals surface area contributed by atoms with Crippen molar-refractivity contribution in [3.05, 3.63) is 28.2 Å². The first kappa shape index (κ1) is 15.2. The van der Waals surface area contributed by atoms with Crippen LogP contribution in [0.25, 0.3) is 0 Å². The average molecular weight is 333 g/mol. The van der Waals surface area contributed by atoms with Crippen molar-refractivity contribution >= 4 is 57.7 Å². The third kappa shape index (κ3) is 3.08. The molecular formula is C12H10Cl2N2O3S. The molecule has 1 N–H and O–H groups in total. The zero-order valence-electron chi connectivity index (χ0n) is 10.4. The molecule has 1 aliphatic rings. The van der Waals surface area contributed by atoms with Crippen molar-refractivity contribution < 1.29 is 14.4 Å². The highest BCUT2D eigenvalue weighted by Gasteiger charge is 2.37. The maximum absolute atomic E-state index is 12.1. The molecule has 0 aromatic heterocycles. The number of rotatable bonds is 3. The van der Waals surface area contributed by atoms with Gasteiger partial charge in [-0.15, -0.1) is 0 Å². The minimum Gasteiger partial charge on any atom is -0.323 e. The highest BCUT2D eigenvalue weighted by molar-refractivity contribution is 8.14. The number of nitrogens with one attached hydrogen (secondary N) is 1. The van der Waals surface area contributed by atoms with Gasteiger partial charge in [-0.05, 0) is 25.1 Å². The maximum atomic E-state index is 12.1. The number of thioether (sulfide) groups is 1. The van der Waals surface area contributed by atoms with Gasteiger partial charge in [0.15, 0.2) is 0 Å². The summed E-state index contributed by atoms with van der Waals surface area (Å²) in [4.78, 5) is 36.1. The molecule has 1 fully saturated rings. The van der Waals surface area contributed by atoms with Crippen LogP contribution in [-0.2, 0) is 9.59 Å². The molecule has 8 heteroatoms. The number of nitrogens with zero attached hydrogens (tertiary/aromatic N) is 1. The number of carbonyl (C=O) groups excluding carboxylic acids is 3. The van der Waals surface area contributed by atoms with Crippen LogP contribution in [0.1, 0.15) is 6.92 Å². The predicted octanol–water partition coefficient (Wildman–Crippen LogP) is 3.02. The topological polar surface area (TPSA) is 66.5 Å². The Morgan fingerprint density at radius 1 is 1.40 bits per heavy atom. The molecule has 3 amide bonds. The molecule has 0 radical (unpaired) electrons. The summed E-state index contributed by atoms with van der Waals surface area (Å²) in [5.74, 6) is -0.813. The third-order valence-corrected chi connectivity index (χ3v) is 4.14. The minimum atomic E-state index is -0.903. The summed E-state index contributed by atoms with van der Waals surface area (Å²) in [6.07, 6.45) is 0. The summed E-state index contributed by atoms with van der Waals surface area (Å²) in [5, 5.41) is 2.88. The summed E-state index contributed by atoms with van der Waals surface area (Å²) in [6, 6.07) is 3.73. The molecule has 1 heterocycles. The van der Waals surface area contributed by atoms with Gasteiger partial charge in [-0.3, -0.25) is 19.3 Å². The van der Waals surface area contributed by atoms with E-state index in [2.05, 4.69) is 5.32 Å². The molecule has 1 aliphatic heterocycles. The quantitative estimate of drug-likeness (QED) is 0.923. The molecule has 0 saturated carbocycles. The van der Waals surface area contributed by atoms with E-state index in [1.54, 1.807) is 12.1 Å². The second kappa shape index (κ2) is 6.03. The summed E-state index contributed by atoms with van der Waals surface area (Å²) >= 11 is 12.6.